The van der Waals surface area contributed by atoms with E-state index in [9.17, 15) is 4.79 Å². The first-order valence-electron chi connectivity index (χ1n) is 7.03. The third kappa shape index (κ3) is 3.93. The predicted octanol–water partition coefficient (Wildman–Crippen LogP) is -0.223. The number of hydrogen-bond donors (Lipinski definition) is 1. The lowest BCUT2D eigenvalue weighted by molar-refractivity contribution is -0.137. The van der Waals surface area contributed by atoms with Gasteiger partial charge in [-0.05, 0) is 12.8 Å². The number of rotatable bonds is 4. The van der Waals surface area contributed by atoms with E-state index in [1.165, 1.54) is 0 Å². The molecule has 0 aromatic carbocycles. The van der Waals surface area contributed by atoms with Crippen LogP contribution in [-0.4, -0.2) is 75.2 Å². The lowest BCUT2D eigenvalue weighted by Gasteiger charge is -2.31. The third-order valence-electron chi connectivity index (χ3n) is 3.91. The third-order valence-corrected chi connectivity index (χ3v) is 3.91. The van der Waals surface area contributed by atoms with Crippen LogP contribution in [0.3, 0.4) is 0 Å². The molecule has 5 nitrogen and oxygen atoms in total. The molecule has 0 atom stereocenters. The molecule has 5 heteroatoms. The molecule has 2 aliphatic rings. The molecule has 2 aliphatic heterocycles. The Morgan fingerprint density at radius 2 is 2.00 bits per heavy atom. The van der Waals surface area contributed by atoms with Crippen LogP contribution in [-0.2, 0) is 9.53 Å². The molecular weight excluding hydrogens is 230 g/mol. The van der Waals surface area contributed by atoms with Crippen molar-refractivity contribution in [2.24, 2.45) is 5.92 Å². The van der Waals surface area contributed by atoms with Crippen LogP contribution in [0.15, 0.2) is 0 Å². The molecule has 0 aromatic heterocycles. The highest BCUT2D eigenvalue weighted by molar-refractivity contribution is 5.78. The second-order valence-corrected chi connectivity index (χ2v) is 5.24. The summed E-state index contributed by atoms with van der Waals surface area (Å²) in [4.78, 5) is 16.5. The van der Waals surface area contributed by atoms with Crippen LogP contribution in [0.4, 0.5) is 0 Å². The molecule has 18 heavy (non-hydrogen) atoms. The Morgan fingerprint density at radius 3 is 2.67 bits per heavy atom. The average Bonchev–Trinajstić information content (AvgIpc) is 2.46. The number of piperazine rings is 1. The molecule has 2 heterocycles. The molecule has 0 radical (unpaired) electrons. The number of carbonyl (C=O) groups is 1. The zero-order chi connectivity index (χ0) is 12.8. The molecule has 104 valence electrons. The topological polar surface area (TPSA) is 44.8 Å². The summed E-state index contributed by atoms with van der Waals surface area (Å²) in [5.74, 6) is 0.486. The minimum absolute atomic E-state index is 0.187. The van der Waals surface area contributed by atoms with Crippen LogP contribution in [0.5, 0.6) is 0 Å². The summed E-state index contributed by atoms with van der Waals surface area (Å²) in [5.41, 5.74) is 0. The zero-order valence-corrected chi connectivity index (χ0v) is 11.4. The Kier molecular flexibility index (Phi) is 5.41. The molecule has 0 aliphatic carbocycles. The summed E-state index contributed by atoms with van der Waals surface area (Å²) in [6, 6.07) is 0. The number of likely N-dealkylation sites (N-methyl/N-ethyl adjacent to an activating group) is 1. The van der Waals surface area contributed by atoms with Gasteiger partial charge >= 0.3 is 0 Å². The predicted molar refractivity (Wildman–Crippen MR) is 70.5 cm³/mol. The first kappa shape index (κ1) is 13.8. The van der Waals surface area contributed by atoms with E-state index < -0.39 is 0 Å². The SMILES string of the molecule is CN(CCN1CCNCC1)C(=O)C1CCOCC1. The van der Waals surface area contributed by atoms with Gasteiger partial charge in [0.25, 0.3) is 0 Å². The Bertz CT molecular complexity index is 261. The van der Waals surface area contributed by atoms with Gasteiger partial charge in [-0.2, -0.15) is 0 Å². The molecule has 0 aromatic rings. The Morgan fingerprint density at radius 1 is 1.33 bits per heavy atom. The van der Waals surface area contributed by atoms with Crippen LogP contribution in [0.1, 0.15) is 12.8 Å². The molecule has 2 rings (SSSR count). The van der Waals surface area contributed by atoms with Gasteiger partial charge in [-0.3, -0.25) is 9.69 Å². The Labute approximate surface area is 109 Å². The first-order chi connectivity index (χ1) is 8.77. The molecule has 2 saturated heterocycles. The highest BCUT2D eigenvalue weighted by Gasteiger charge is 2.24. The van der Waals surface area contributed by atoms with Crippen molar-refractivity contribution in [2.75, 3.05) is 59.5 Å². The van der Waals surface area contributed by atoms with Gasteiger partial charge in [0, 0.05) is 65.4 Å². The van der Waals surface area contributed by atoms with Gasteiger partial charge in [0.15, 0.2) is 0 Å². The van der Waals surface area contributed by atoms with E-state index in [1.54, 1.807) is 0 Å². The fourth-order valence-corrected chi connectivity index (χ4v) is 2.59. The largest absolute Gasteiger partial charge is 0.381 e. The molecular formula is C13H25N3O2. The molecule has 1 N–H and O–H groups in total. The molecule has 0 unspecified atom stereocenters. The van der Waals surface area contributed by atoms with Crippen molar-refractivity contribution in [1.29, 1.82) is 0 Å². The maximum Gasteiger partial charge on any atom is 0.225 e. The number of nitrogens with zero attached hydrogens (tertiary/aromatic N) is 2. The summed E-state index contributed by atoms with van der Waals surface area (Å²) in [5, 5.41) is 3.34. The van der Waals surface area contributed by atoms with Crippen LogP contribution in [0.25, 0.3) is 0 Å². The van der Waals surface area contributed by atoms with E-state index in [0.29, 0.717) is 5.91 Å². The van der Waals surface area contributed by atoms with Crippen molar-refractivity contribution in [3.05, 3.63) is 0 Å². The average molecular weight is 255 g/mol. The molecule has 1 amide bonds. The monoisotopic (exact) mass is 255 g/mol. The van der Waals surface area contributed by atoms with Gasteiger partial charge in [-0.25, -0.2) is 0 Å². The van der Waals surface area contributed by atoms with Crippen molar-refractivity contribution in [1.82, 2.24) is 15.1 Å². The second-order valence-electron chi connectivity index (χ2n) is 5.24. The quantitative estimate of drug-likeness (QED) is 0.754. The number of nitrogens with one attached hydrogen (secondary N) is 1. The van der Waals surface area contributed by atoms with Gasteiger partial charge in [-0.15, -0.1) is 0 Å². The van der Waals surface area contributed by atoms with E-state index in [0.717, 1.165) is 65.3 Å². The second kappa shape index (κ2) is 7.07. The van der Waals surface area contributed by atoms with Crippen molar-refractivity contribution < 1.29 is 9.53 Å². The molecule has 0 saturated carbocycles. The first-order valence-corrected chi connectivity index (χ1v) is 7.03. The highest BCUT2D eigenvalue weighted by atomic mass is 16.5. The standard InChI is InChI=1S/C13H25N3O2/c1-15(8-9-16-6-4-14-5-7-16)13(17)12-2-10-18-11-3-12/h12,14H,2-11H2,1H3. The lowest BCUT2D eigenvalue weighted by atomic mass is 9.99. The van der Waals surface area contributed by atoms with Crippen LogP contribution < -0.4 is 5.32 Å². The zero-order valence-electron chi connectivity index (χ0n) is 11.4. The normalized spacial score (nSPS) is 22.9. The highest BCUT2D eigenvalue weighted by Crippen LogP contribution is 2.16. The minimum Gasteiger partial charge on any atom is -0.381 e. The maximum atomic E-state index is 12.2. The fourth-order valence-electron chi connectivity index (χ4n) is 2.59. The number of hydrogen-bond acceptors (Lipinski definition) is 4. The van der Waals surface area contributed by atoms with E-state index in [1.807, 2.05) is 11.9 Å². The molecule has 2 fully saturated rings. The number of ether oxygens (including phenoxy) is 1. The number of carbonyl (C=O) groups excluding carboxylic acids is 1. The minimum atomic E-state index is 0.187. The summed E-state index contributed by atoms with van der Waals surface area (Å²) < 4.78 is 5.30. The van der Waals surface area contributed by atoms with Gasteiger partial charge in [0.2, 0.25) is 5.91 Å². The molecule has 0 bridgehead atoms. The van der Waals surface area contributed by atoms with Crippen LogP contribution >= 0.6 is 0 Å². The van der Waals surface area contributed by atoms with Crippen molar-refractivity contribution in [3.63, 3.8) is 0 Å². The maximum absolute atomic E-state index is 12.2. The van der Waals surface area contributed by atoms with Crippen molar-refractivity contribution in [3.8, 4) is 0 Å². The van der Waals surface area contributed by atoms with Gasteiger partial charge < -0.3 is 15.0 Å². The smallest absolute Gasteiger partial charge is 0.225 e. The van der Waals surface area contributed by atoms with Crippen LogP contribution in [0.2, 0.25) is 0 Å². The van der Waals surface area contributed by atoms with Gasteiger partial charge in [0.05, 0.1) is 0 Å². The van der Waals surface area contributed by atoms with Crippen molar-refractivity contribution in [2.45, 2.75) is 12.8 Å². The summed E-state index contributed by atoms with van der Waals surface area (Å²) >= 11 is 0. The molecule has 0 spiro atoms. The Balaban J connectivity index is 1.69. The van der Waals surface area contributed by atoms with Gasteiger partial charge in [-0.1, -0.05) is 0 Å². The van der Waals surface area contributed by atoms with E-state index in [4.69, 9.17) is 4.74 Å². The van der Waals surface area contributed by atoms with E-state index in [2.05, 4.69) is 10.2 Å². The fraction of sp³-hybridized carbons (Fsp3) is 0.923. The summed E-state index contributed by atoms with van der Waals surface area (Å²) in [6.45, 7) is 7.64. The Hall–Kier alpha value is -0.650. The van der Waals surface area contributed by atoms with E-state index in [-0.39, 0.29) is 5.92 Å². The lowest BCUT2D eigenvalue weighted by Crippen LogP contribution is -2.47. The summed E-state index contributed by atoms with van der Waals surface area (Å²) in [7, 11) is 1.93. The van der Waals surface area contributed by atoms with Gasteiger partial charge in [0.1, 0.15) is 0 Å². The number of amides is 1. The van der Waals surface area contributed by atoms with E-state index >= 15 is 0 Å². The summed E-state index contributed by atoms with van der Waals surface area (Å²) in [6.07, 6.45) is 1.77. The van der Waals surface area contributed by atoms with Crippen molar-refractivity contribution >= 4 is 5.91 Å². The van der Waals surface area contributed by atoms with Crippen LogP contribution in [0, 0.1) is 5.92 Å².